The third-order valence-electron chi connectivity index (χ3n) is 5.59. The summed E-state index contributed by atoms with van der Waals surface area (Å²) in [6.07, 6.45) is 2.94. The van der Waals surface area contributed by atoms with E-state index in [9.17, 15) is 4.79 Å². The van der Waals surface area contributed by atoms with Gasteiger partial charge in [-0.2, -0.15) is 0 Å². The van der Waals surface area contributed by atoms with Crippen LogP contribution in [0.1, 0.15) is 30.4 Å². The lowest BCUT2D eigenvalue weighted by Crippen LogP contribution is -2.46. The van der Waals surface area contributed by atoms with Crippen LogP contribution in [0.25, 0.3) is 0 Å². The summed E-state index contributed by atoms with van der Waals surface area (Å²) in [5.41, 5.74) is 2.11. The summed E-state index contributed by atoms with van der Waals surface area (Å²) in [6.45, 7) is 1.11. The van der Waals surface area contributed by atoms with Gasteiger partial charge in [-0.05, 0) is 42.5 Å². The van der Waals surface area contributed by atoms with Crippen LogP contribution >= 0.6 is 24.0 Å². The first kappa shape index (κ1) is 22.5. The molecule has 6 nitrogen and oxygen atoms in total. The van der Waals surface area contributed by atoms with E-state index in [4.69, 9.17) is 21.1 Å². The zero-order valence-corrected chi connectivity index (χ0v) is 18.4. The topological polar surface area (TPSA) is 71.6 Å². The normalized spacial score (nSPS) is 22.3. The Kier molecular flexibility index (Phi) is 7.69. The lowest BCUT2D eigenvalue weighted by atomic mass is 9.88. The van der Waals surface area contributed by atoms with Crippen LogP contribution in [0, 0.1) is 0 Å². The highest BCUT2D eigenvalue weighted by molar-refractivity contribution is 6.32. The number of methoxy groups -OCH3 is 1. The van der Waals surface area contributed by atoms with Crippen molar-refractivity contribution in [3.05, 3.63) is 58.6 Å². The van der Waals surface area contributed by atoms with Gasteiger partial charge in [-0.25, -0.2) is 4.79 Å². The molecule has 162 valence electrons. The third kappa shape index (κ3) is 5.31. The molecular weight excluding hydrogens is 425 g/mol. The molecular formula is C22H27Cl2N3O3. The van der Waals surface area contributed by atoms with Crippen molar-refractivity contribution >= 4 is 30.0 Å². The van der Waals surface area contributed by atoms with E-state index in [1.54, 1.807) is 7.11 Å². The van der Waals surface area contributed by atoms with E-state index in [2.05, 4.69) is 16.0 Å². The second kappa shape index (κ2) is 10.2. The van der Waals surface area contributed by atoms with Crippen LogP contribution < -0.4 is 25.4 Å². The quantitative estimate of drug-likeness (QED) is 0.593. The van der Waals surface area contributed by atoms with Crippen LogP contribution in [0.4, 0.5) is 4.79 Å². The molecule has 2 aliphatic rings. The Balaban J connectivity index is 0.00000256. The standard InChI is InChI=1S/C22H26ClN3O3.ClH/c1-28-20-10-15(9-17(23)21(20)29-13-14-5-3-2-4-6-14)12-24-16-7-8-18-19(11-16)26-22(27)25-18;/h2-6,9-10,16,18-19,24H,7-8,11-13H2,1H3,(H2,25,26,27);1H. The third-order valence-corrected chi connectivity index (χ3v) is 5.87. The molecule has 3 N–H and O–H groups in total. The van der Waals surface area contributed by atoms with Crippen LogP contribution in [-0.4, -0.2) is 31.3 Å². The number of hydrogen-bond acceptors (Lipinski definition) is 4. The number of rotatable bonds is 7. The molecule has 1 saturated carbocycles. The van der Waals surface area contributed by atoms with Crippen LogP contribution in [0.2, 0.25) is 5.02 Å². The second-order valence-corrected chi connectivity index (χ2v) is 8.01. The molecule has 0 aromatic heterocycles. The van der Waals surface area contributed by atoms with E-state index in [0.29, 0.717) is 35.7 Å². The van der Waals surface area contributed by atoms with E-state index in [-0.39, 0.29) is 30.5 Å². The molecule has 2 aromatic carbocycles. The Morgan fingerprint density at radius 3 is 2.63 bits per heavy atom. The van der Waals surface area contributed by atoms with Crippen molar-refractivity contribution in [3.8, 4) is 11.5 Å². The average molecular weight is 452 g/mol. The van der Waals surface area contributed by atoms with Gasteiger partial charge in [0.25, 0.3) is 0 Å². The molecule has 1 heterocycles. The molecule has 1 saturated heterocycles. The van der Waals surface area contributed by atoms with Gasteiger partial charge in [0, 0.05) is 12.6 Å². The number of urea groups is 1. The van der Waals surface area contributed by atoms with Gasteiger partial charge in [-0.3, -0.25) is 0 Å². The maximum Gasteiger partial charge on any atom is 0.315 e. The van der Waals surface area contributed by atoms with E-state index in [0.717, 1.165) is 30.4 Å². The highest BCUT2D eigenvalue weighted by Gasteiger charge is 2.36. The molecule has 8 heteroatoms. The van der Waals surface area contributed by atoms with Gasteiger partial charge in [0.1, 0.15) is 6.61 Å². The summed E-state index contributed by atoms with van der Waals surface area (Å²) in [4.78, 5) is 11.5. The summed E-state index contributed by atoms with van der Waals surface area (Å²) in [7, 11) is 1.62. The summed E-state index contributed by atoms with van der Waals surface area (Å²) in [5, 5.41) is 10.1. The van der Waals surface area contributed by atoms with Crippen LogP contribution in [0.15, 0.2) is 42.5 Å². The van der Waals surface area contributed by atoms with Gasteiger partial charge >= 0.3 is 6.03 Å². The Morgan fingerprint density at radius 1 is 1.10 bits per heavy atom. The monoisotopic (exact) mass is 451 g/mol. The Hall–Kier alpha value is -2.15. The minimum Gasteiger partial charge on any atom is -0.493 e. The smallest absolute Gasteiger partial charge is 0.315 e. The summed E-state index contributed by atoms with van der Waals surface area (Å²) >= 11 is 6.50. The Morgan fingerprint density at radius 2 is 1.87 bits per heavy atom. The number of fused-ring (bicyclic) bond motifs is 1. The molecule has 0 bridgehead atoms. The van der Waals surface area contributed by atoms with E-state index >= 15 is 0 Å². The summed E-state index contributed by atoms with van der Waals surface area (Å²) in [5.74, 6) is 1.18. The molecule has 1 aliphatic heterocycles. The SMILES string of the molecule is COc1cc(CNC2CCC3NC(=O)NC3C2)cc(Cl)c1OCc1ccccc1.Cl. The van der Waals surface area contributed by atoms with Crippen molar-refractivity contribution < 1.29 is 14.3 Å². The first-order chi connectivity index (χ1) is 14.1. The number of ether oxygens (including phenoxy) is 2. The number of benzene rings is 2. The zero-order valence-electron chi connectivity index (χ0n) is 16.8. The van der Waals surface area contributed by atoms with Crippen molar-refractivity contribution in [2.24, 2.45) is 0 Å². The first-order valence-electron chi connectivity index (χ1n) is 9.96. The molecule has 3 unspecified atom stereocenters. The predicted molar refractivity (Wildman–Crippen MR) is 120 cm³/mol. The van der Waals surface area contributed by atoms with Crippen molar-refractivity contribution in [1.29, 1.82) is 0 Å². The number of nitrogens with one attached hydrogen (secondary N) is 3. The molecule has 3 atom stereocenters. The van der Waals surface area contributed by atoms with Crippen molar-refractivity contribution in [2.45, 2.75) is 50.5 Å². The van der Waals surface area contributed by atoms with Gasteiger partial charge in [-0.15, -0.1) is 12.4 Å². The fraction of sp³-hybridized carbons (Fsp3) is 0.409. The molecule has 2 amide bonds. The minimum atomic E-state index is -0.0525. The van der Waals surface area contributed by atoms with E-state index in [1.807, 2.05) is 42.5 Å². The highest BCUT2D eigenvalue weighted by atomic mass is 35.5. The van der Waals surface area contributed by atoms with Crippen LogP contribution in [0.3, 0.4) is 0 Å². The number of hydrogen-bond donors (Lipinski definition) is 3. The van der Waals surface area contributed by atoms with Crippen molar-refractivity contribution in [1.82, 2.24) is 16.0 Å². The molecule has 0 spiro atoms. The van der Waals surface area contributed by atoms with Crippen LogP contribution in [-0.2, 0) is 13.2 Å². The first-order valence-corrected chi connectivity index (χ1v) is 10.3. The van der Waals surface area contributed by atoms with E-state index in [1.165, 1.54) is 0 Å². The maximum absolute atomic E-state index is 11.5. The Labute approximate surface area is 188 Å². The van der Waals surface area contributed by atoms with Gasteiger partial charge in [0.2, 0.25) is 0 Å². The van der Waals surface area contributed by atoms with Crippen LogP contribution in [0.5, 0.6) is 11.5 Å². The zero-order chi connectivity index (χ0) is 20.2. The fourth-order valence-corrected chi connectivity index (χ4v) is 4.36. The molecule has 2 fully saturated rings. The molecule has 1 aliphatic carbocycles. The minimum absolute atomic E-state index is 0. The number of amides is 2. The number of halogens is 2. The molecule has 30 heavy (non-hydrogen) atoms. The second-order valence-electron chi connectivity index (χ2n) is 7.60. The van der Waals surface area contributed by atoms with Gasteiger partial charge in [0.15, 0.2) is 11.5 Å². The number of carbonyl (C=O) groups excluding carboxylic acids is 1. The molecule has 0 radical (unpaired) electrons. The highest BCUT2D eigenvalue weighted by Crippen LogP contribution is 2.37. The fourth-order valence-electron chi connectivity index (χ4n) is 4.07. The maximum atomic E-state index is 11.5. The molecule has 4 rings (SSSR count). The van der Waals surface area contributed by atoms with E-state index < -0.39 is 0 Å². The van der Waals surface area contributed by atoms with Gasteiger partial charge in [0.05, 0.1) is 24.2 Å². The summed E-state index contributed by atoms with van der Waals surface area (Å²) in [6, 6.07) is 14.6. The predicted octanol–water partition coefficient (Wildman–Crippen LogP) is 4.04. The number of carbonyl (C=O) groups is 1. The lowest BCUT2D eigenvalue weighted by Gasteiger charge is -2.31. The average Bonchev–Trinajstić information content (AvgIpc) is 3.11. The van der Waals surface area contributed by atoms with Gasteiger partial charge in [-0.1, -0.05) is 41.9 Å². The van der Waals surface area contributed by atoms with Crippen molar-refractivity contribution in [2.75, 3.05) is 7.11 Å². The van der Waals surface area contributed by atoms with Crippen molar-refractivity contribution in [3.63, 3.8) is 0 Å². The lowest BCUT2D eigenvalue weighted by molar-refractivity contribution is 0.247. The van der Waals surface area contributed by atoms with Gasteiger partial charge < -0.3 is 25.4 Å². The Bertz CT molecular complexity index is 866. The largest absolute Gasteiger partial charge is 0.493 e. The molecule has 2 aromatic rings. The summed E-state index contributed by atoms with van der Waals surface area (Å²) < 4.78 is 11.4.